The summed E-state index contributed by atoms with van der Waals surface area (Å²) < 4.78 is 5.21. The summed E-state index contributed by atoms with van der Waals surface area (Å²) in [6, 6.07) is 11.7. The van der Waals surface area contributed by atoms with E-state index in [1.807, 2.05) is 36.4 Å². The Kier molecular flexibility index (Phi) is 3.22. The topological polar surface area (TPSA) is 52.3 Å². The molecule has 2 N–H and O–H groups in total. The zero-order valence-electron chi connectivity index (χ0n) is 11.7. The Morgan fingerprint density at radius 1 is 1.20 bits per heavy atom. The lowest BCUT2D eigenvalue weighted by Gasteiger charge is -2.39. The minimum absolute atomic E-state index is 0.198. The molecule has 1 saturated carbocycles. The number of rotatable bonds is 4. The van der Waals surface area contributed by atoms with E-state index in [-0.39, 0.29) is 11.2 Å². The molecular formula is C17H19NO2. The quantitative estimate of drug-likeness (QED) is 0.867. The van der Waals surface area contributed by atoms with Crippen molar-refractivity contribution in [3.63, 3.8) is 0 Å². The van der Waals surface area contributed by atoms with Crippen LogP contribution in [0.3, 0.4) is 0 Å². The molecule has 0 atom stereocenters. The molecule has 0 saturated heterocycles. The van der Waals surface area contributed by atoms with Gasteiger partial charge in [0.15, 0.2) is 5.78 Å². The fourth-order valence-electron chi connectivity index (χ4n) is 2.93. The zero-order chi connectivity index (χ0) is 14.2. The summed E-state index contributed by atoms with van der Waals surface area (Å²) in [5, 5.41) is 2.14. The van der Waals surface area contributed by atoms with Gasteiger partial charge in [-0.25, -0.2) is 0 Å². The van der Waals surface area contributed by atoms with Crippen LogP contribution in [0.15, 0.2) is 36.4 Å². The maximum Gasteiger partial charge on any atom is 0.170 e. The minimum Gasteiger partial charge on any atom is -0.497 e. The average Bonchev–Trinajstić information content (AvgIpc) is 2.45. The Morgan fingerprint density at radius 3 is 2.50 bits per heavy atom. The number of benzene rings is 2. The van der Waals surface area contributed by atoms with Crippen molar-refractivity contribution in [3.05, 3.63) is 42.0 Å². The van der Waals surface area contributed by atoms with Gasteiger partial charge in [0.25, 0.3) is 0 Å². The number of fused-ring (bicyclic) bond motifs is 1. The van der Waals surface area contributed by atoms with Gasteiger partial charge in [0.05, 0.1) is 7.11 Å². The molecule has 0 heterocycles. The van der Waals surface area contributed by atoms with Crippen molar-refractivity contribution in [2.24, 2.45) is 11.1 Å². The second-order valence-corrected chi connectivity index (χ2v) is 5.59. The molecule has 0 aliphatic heterocycles. The van der Waals surface area contributed by atoms with Crippen molar-refractivity contribution in [1.29, 1.82) is 0 Å². The molecule has 0 unspecified atom stereocenters. The van der Waals surface area contributed by atoms with Crippen molar-refractivity contribution in [1.82, 2.24) is 0 Å². The van der Waals surface area contributed by atoms with Gasteiger partial charge in [-0.05, 0) is 41.8 Å². The van der Waals surface area contributed by atoms with Crippen LogP contribution in [0, 0.1) is 5.41 Å². The van der Waals surface area contributed by atoms with Crippen molar-refractivity contribution in [2.45, 2.75) is 19.3 Å². The smallest absolute Gasteiger partial charge is 0.170 e. The highest BCUT2D eigenvalue weighted by Gasteiger charge is 2.42. The molecule has 0 aromatic heterocycles. The Labute approximate surface area is 118 Å². The Hall–Kier alpha value is -1.87. The van der Waals surface area contributed by atoms with Gasteiger partial charge in [-0.3, -0.25) is 4.79 Å². The zero-order valence-corrected chi connectivity index (χ0v) is 11.7. The van der Waals surface area contributed by atoms with E-state index in [1.165, 1.54) is 0 Å². The summed E-state index contributed by atoms with van der Waals surface area (Å²) in [4.78, 5) is 12.6. The third-order valence-electron chi connectivity index (χ3n) is 4.49. The molecule has 1 aliphatic carbocycles. The van der Waals surface area contributed by atoms with E-state index in [4.69, 9.17) is 10.5 Å². The van der Waals surface area contributed by atoms with Crippen LogP contribution in [-0.2, 0) is 0 Å². The molecule has 2 aromatic carbocycles. The van der Waals surface area contributed by atoms with Crippen LogP contribution in [0.2, 0.25) is 0 Å². The summed E-state index contributed by atoms with van der Waals surface area (Å²) in [7, 11) is 1.65. The number of ether oxygens (including phenoxy) is 1. The van der Waals surface area contributed by atoms with Crippen LogP contribution in [0.25, 0.3) is 10.8 Å². The summed E-state index contributed by atoms with van der Waals surface area (Å²) in [5.74, 6) is 1.03. The fourth-order valence-corrected chi connectivity index (χ4v) is 2.93. The number of hydrogen-bond acceptors (Lipinski definition) is 3. The first-order valence-electron chi connectivity index (χ1n) is 7.01. The Balaban J connectivity index is 1.99. The van der Waals surface area contributed by atoms with Crippen LogP contribution in [0.5, 0.6) is 5.75 Å². The number of ketones is 1. The second kappa shape index (κ2) is 4.91. The summed E-state index contributed by atoms with van der Waals surface area (Å²) >= 11 is 0. The summed E-state index contributed by atoms with van der Waals surface area (Å²) in [6.45, 7) is 0.451. The highest BCUT2D eigenvalue weighted by atomic mass is 16.5. The van der Waals surface area contributed by atoms with Gasteiger partial charge in [-0.1, -0.05) is 24.6 Å². The van der Waals surface area contributed by atoms with E-state index < -0.39 is 0 Å². The minimum atomic E-state index is -0.305. The Bertz CT molecular complexity index is 654. The SMILES string of the molecule is COc1ccc2cc(C(=O)C3(CN)CCC3)ccc2c1. The summed E-state index contributed by atoms with van der Waals surface area (Å²) in [5.41, 5.74) is 6.29. The molecule has 2 aromatic rings. The maximum absolute atomic E-state index is 12.6. The number of nitrogens with two attached hydrogens (primary N) is 1. The van der Waals surface area contributed by atoms with E-state index in [0.717, 1.165) is 41.3 Å². The monoisotopic (exact) mass is 269 g/mol. The third kappa shape index (κ3) is 1.98. The van der Waals surface area contributed by atoms with E-state index in [9.17, 15) is 4.79 Å². The first-order chi connectivity index (χ1) is 9.68. The lowest BCUT2D eigenvalue weighted by molar-refractivity contribution is 0.0636. The van der Waals surface area contributed by atoms with Gasteiger partial charge in [0.2, 0.25) is 0 Å². The second-order valence-electron chi connectivity index (χ2n) is 5.59. The normalized spacial score (nSPS) is 16.7. The lowest BCUT2D eigenvalue weighted by Crippen LogP contribution is -2.44. The molecule has 3 heteroatoms. The standard InChI is InChI=1S/C17H19NO2/c1-20-15-6-5-12-9-14(4-3-13(12)10-15)16(19)17(11-18)7-2-8-17/h3-6,9-10H,2,7-8,11,18H2,1H3. The van der Waals surface area contributed by atoms with E-state index in [2.05, 4.69) is 0 Å². The molecule has 0 spiro atoms. The van der Waals surface area contributed by atoms with Crippen LogP contribution in [0.1, 0.15) is 29.6 Å². The van der Waals surface area contributed by atoms with Crippen molar-refractivity contribution in [3.8, 4) is 5.75 Å². The molecule has 1 aliphatic rings. The van der Waals surface area contributed by atoms with Gasteiger partial charge in [0.1, 0.15) is 5.75 Å². The molecule has 0 bridgehead atoms. The number of carbonyl (C=O) groups is 1. The maximum atomic E-state index is 12.6. The predicted octanol–water partition coefficient (Wildman–Crippen LogP) is 3.16. The van der Waals surface area contributed by atoms with E-state index >= 15 is 0 Å². The lowest BCUT2D eigenvalue weighted by atomic mass is 9.64. The molecule has 20 heavy (non-hydrogen) atoms. The van der Waals surface area contributed by atoms with Crippen molar-refractivity contribution >= 4 is 16.6 Å². The Morgan fingerprint density at radius 2 is 1.90 bits per heavy atom. The first kappa shape index (κ1) is 13.1. The largest absolute Gasteiger partial charge is 0.497 e. The average molecular weight is 269 g/mol. The molecule has 3 nitrogen and oxygen atoms in total. The highest BCUT2D eigenvalue weighted by Crippen LogP contribution is 2.42. The van der Waals surface area contributed by atoms with E-state index in [1.54, 1.807) is 7.11 Å². The number of hydrogen-bond donors (Lipinski definition) is 1. The van der Waals surface area contributed by atoms with Crippen molar-refractivity contribution < 1.29 is 9.53 Å². The fraction of sp³-hybridized carbons (Fsp3) is 0.353. The molecular weight excluding hydrogens is 250 g/mol. The molecule has 0 radical (unpaired) electrons. The molecule has 0 amide bonds. The van der Waals surface area contributed by atoms with Crippen LogP contribution in [-0.4, -0.2) is 19.4 Å². The van der Waals surface area contributed by atoms with Gasteiger partial charge >= 0.3 is 0 Å². The molecule has 1 fully saturated rings. The first-order valence-corrected chi connectivity index (χ1v) is 7.01. The molecule has 3 rings (SSSR count). The van der Waals surface area contributed by atoms with Gasteiger partial charge in [-0.2, -0.15) is 0 Å². The predicted molar refractivity (Wildman–Crippen MR) is 80.2 cm³/mol. The number of methoxy groups -OCH3 is 1. The van der Waals surface area contributed by atoms with Crippen molar-refractivity contribution in [2.75, 3.05) is 13.7 Å². The van der Waals surface area contributed by atoms with E-state index in [0.29, 0.717) is 6.54 Å². The highest BCUT2D eigenvalue weighted by molar-refractivity contribution is 6.04. The van der Waals surface area contributed by atoms with Gasteiger partial charge < -0.3 is 10.5 Å². The van der Waals surface area contributed by atoms with Crippen LogP contribution >= 0.6 is 0 Å². The summed E-state index contributed by atoms with van der Waals surface area (Å²) in [6.07, 6.45) is 2.94. The van der Waals surface area contributed by atoms with Gasteiger partial charge in [0, 0.05) is 17.5 Å². The van der Waals surface area contributed by atoms with Crippen LogP contribution in [0.4, 0.5) is 0 Å². The molecule has 104 valence electrons. The van der Waals surface area contributed by atoms with Gasteiger partial charge in [-0.15, -0.1) is 0 Å². The number of Topliss-reactive ketones (excluding diaryl/α,β-unsaturated/α-hetero) is 1. The third-order valence-corrected chi connectivity index (χ3v) is 4.49. The van der Waals surface area contributed by atoms with Crippen LogP contribution < -0.4 is 10.5 Å². The number of carbonyl (C=O) groups excluding carboxylic acids is 1.